The quantitative estimate of drug-likeness (QED) is 0.557. The molecule has 0 saturated heterocycles. The van der Waals surface area contributed by atoms with Gasteiger partial charge in [0.15, 0.2) is 5.66 Å². The lowest BCUT2D eigenvalue weighted by Gasteiger charge is -2.25. The molecule has 0 fully saturated rings. The van der Waals surface area contributed by atoms with Gasteiger partial charge in [0.2, 0.25) is 0 Å². The minimum atomic E-state index is -0.125. The standard InChI is InChI=1S/C8H14N2/c1-4-8(7(2)3)9-5-6-10-8/h5-7H,4H2,1-3H3. The van der Waals surface area contributed by atoms with Gasteiger partial charge in [-0.2, -0.15) is 0 Å². The molecule has 1 rings (SSSR count). The molecule has 0 aromatic rings. The molecule has 0 spiro atoms. The maximum atomic E-state index is 4.34. The molecule has 2 nitrogen and oxygen atoms in total. The Balaban J connectivity index is 2.79. The third-order valence-electron chi connectivity index (χ3n) is 2.11. The molecular formula is C8H14N2. The Morgan fingerprint density at radius 1 is 1.30 bits per heavy atom. The van der Waals surface area contributed by atoms with Gasteiger partial charge in [0.05, 0.1) is 0 Å². The van der Waals surface area contributed by atoms with Crippen molar-refractivity contribution in [1.29, 1.82) is 0 Å². The molecule has 0 atom stereocenters. The molecule has 0 amide bonds. The highest BCUT2D eigenvalue weighted by atomic mass is 15.1. The van der Waals surface area contributed by atoms with E-state index in [1.165, 1.54) is 0 Å². The predicted molar refractivity (Wildman–Crippen MR) is 44.8 cm³/mol. The first kappa shape index (κ1) is 7.45. The Bertz CT molecular complexity index is 156. The molecule has 1 aliphatic heterocycles. The van der Waals surface area contributed by atoms with Crippen molar-refractivity contribution in [3.05, 3.63) is 0 Å². The van der Waals surface area contributed by atoms with Crippen LogP contribution >= 0.6 is 0 Å². The highest BCUT2D eigenvalue weighted by Crippen LogP contribution is 2.28. The van der Waals surface area contributed by atoms with E-state index in [9.17, 15) is 0 Å². The lowest BCUT2D eigenvalue weighted by atomic mass is 9.95. The average molecular weight is 138 g/mol. The van der Waals surface area contributed by atoms with Crippen LogP contribution < -0.4 is 0 Å². The van der Waals surface area contributed by atoms with Gasteiger partial charge in [0.25, 0.3) is 0 Å². The monoisotopic (exact) mass is 138 g/mol. The Kier molecular flexibility index (Phi) is 1.88. The summed E-state index contributed by atoms with van der Waals surface area (Å²) in [6.07, 6.45) is 4.59. The maximum Gasteiger partial charge on any atom is 0.152 e. The Hall–Kier alpha value is -0.660. The van der Waals surface area contributed by atoms with Gasteiger partial charge < -0.3 is 0 Å². The van der Waals surface area contributed by atoms with Gasteiger partial charge in [0, 0.05) is 12.4 Å². The van der Waals surface area contributed by atoms with E-state index in [0.717, 1.165) is 6.42 Å². The highest BCUT2D eigenvalue weighted by molar-refractivity contribution is 6.17. The topological polar surface area (TPSA) is 24.7 Å². The summed E-state index contributed by atoms with van der Waals surface area (Å²) in [5.41, 5.74) is -0.125. The van der Waals surface area contributed by atoms with Gasteiger partial charge in [-0.25, -0.2) is 0 Å². The molecule has 2 heteroatoms. The molecule has 0 aromatic carbocycles. The number of hydrogen-bond donors (Lipinski definition) is 0. The van der Waals surface area contributed by atoms with E-state index in [-0.39, 0.29) is 5.66 Å². The zero-order chi connectivity index (χ0) is 7.61. The van der Waals surface area contributed by atoms with Gasteiger partial charge in [-0.1, -0.05) is 20.8 Å². The van der Waals surface area contributed by atoms with Crippen LogP contribution in [-0.2, 0) is 0 Å². The van der Waals surface area contributed by atoms with E-state index >= 15 is 0 Å². The van der Waals surface area contributed by atoms with E-state index in [0.29, 0.717) is 5.92 Å². The van der Waals surface area contributed by atoms with Crippen LogP contribution in [0.4, 0.5) is 0 Å². The van der Waals surface area contributed by atoms with Crippen LogP contribution in [0, 0.1) is 5.92 Å². The minimum absolute atomic E-state index is 0.125. The molecule has 10 heavy (non-hydrogen) atoms. The van der Waals surface area contributed by atoms with Crippen LogP contribution in [-0.4, -0.2) is 18.1 Å². The van der Waals surface area contributed by atoms with Crippen molar-refractivity contribution in [2.24, 2.45) is 15.9 Å². The van der Waals surface area contributed by atoms with Crippen LogP contribution in [0.3, 0.4) is 0 Å². The van der Waals surface area contributed by atoms with Gasteiger partial charge in [0.1, 0.15) is 0 Å². The van der Waals surface area contributed by atoms with Crippen molar-refractivity contribution >= 4 is 12.4 Å². The fourth-order valence-electron chi connectivity index (χ4n) is 1.25. The highest BCUT2D eigenvalue weighted by Gasteiger charge is 2.30. The Morgan fingerprint density at radius 3 is 2.00 bits per heavy atom. The molecule has 0 radical (unpaired) electrons. The van der Waals surface area contributed by atoms with Gasteiger partial charge in [-0.3, -0.25) is 9.98 Å². The van der Waals surface area contributed by atoms with Crippen LogP contribution in [0.25, 0.3) is 0 Å². The van der Waals surface area contributed by atoms with Crippen LogP contribution in [0.15, 0.2) is 9.98 Å². The lowest BCUT2D eigenvalue weighted by Crippen LogP contribution is -2.27. The number of hydrogen-bond acceptors (Lipinski definition) is 2. The summed E-state index contributed by atoms with van der Waals surface area (Å²) in [5, 5.41) is 0. The molecule has 0 unspecified atom stereocenters. The predicted octanol–water partition coefficient (Wildman–Crippen LogP) is 1.90. The second-order valence-electron chi connectivity index (χ2n) is 2.94. The Morgan fingerprint density at radius 2 is 1.80 bits per heavy atom. The van der Waals surface area contributed by atoms with E-state index in [2.05, 4.69) is 30.8 Å². The summed E-state index contributed by atoms with van der Waals surface area (Å²) in [5.74, 6) is 0.507. The first-order valence-corrected chi connectivity index (χ1v) is 3.80. The SMILES string of the molecule is CCC1(C(C)C)N=CC=N1. The molecular weight excluding hydrogens is 124 g/mol. The summed E-state index contributed by atoms with van der Waals surface area (Å²) in [4.78, 5) is 8.68. The van der Waals surface area contributed by atoms with Crippen molar-refractivity contribution < 1.29 is 0 Å². The number of nitrogens with zero attached hydrogens (tertiary/aromatic N) is 2. The van der Waals surface area contributed by atoms with Crippen molar-refractivity contribution in [1.82, 2.24) is 0 Å². The minimum Gasteiger partial charge on any atom is -0.262 e. The molecule has 56 valence electrons. The van der Waals surface area contributed by atoms with Gasteiger partial charge >= 0.3 is 0 Å². The van der Waals surface area contributed by atoms with Crippen molar-refractivity contribution in [2.75, 3.05) is 0 Å². The zero-order valence-electron chi connectivity index (χ0n) is 6.83. The number of rotatable bonds is 2. The summed E-state index contributed by atoms with van der Waals surface area (Å²) in [6.45, 7) is 6.44. The fourth-order valence-corrected chi connectivity index (χ4v) is 1.25. The summed E-state index contributed by atoms with van der Waals surface area (Å²) in [7, 11) is 0. The maximum absolute atomic E-state index is 4.34. The van der Waals surface area contributed by atoms with E-state index in [4.69, 9.17) is 0 Å². The second-order valence-corrected chi connectivity index (χ2v) is 2.94. The largest absolute Gasteiger partial charge is 0.262 e. The summed E-state index contributed by atoms with van der Waals surface area (Å²) in [6, 6.07) is 0. The van der Waals surface area contributed by atoms with E-state index < -0.39 is 0 Å². The lowest BCUT2D eigenvalue weighted by molar-refractivity contribution is 0.323. The second kappa shape index (κ2) is 2.52. The van der Waals surface area contributed by atoms with Crippen LogP contribution in [0.5, 0.6) is 0 Å². The van der Waals surface area contributed by atoms with Crippen LogP contribution in [0.2, 0.25) is 0 Å². The zero-order valence-corrected chi connectivity index (χ0v) is 6.83. The molecule has 0 bridgehead atoms. The number of aliphatic imine (C=N–C) groups is 2. The van der Waals surface area contributed by atoms with Crippen molar-refractivity contribution in [3.8, 4) is 0 Å². The Labute approximate surface area is 62.1 Å². The van der Waals surface area contributed by atoms with Crippen molar-refractivity contribution in [3.63, 3.8) is 0 Å². The average Bonchev–Trinajstić information content (AvgIpc) is 2.35. The smallest absolute Gasteiger partial charge is 0.152 e. The van der Waals surface area contributed by atoms with Crippen molar-refractivity contribution in [2.45, 2.75) is 32.9 Å². The summed E-state index contributed by atoms with van der Waals surface area (Å²) >= 11 is 0. The van der Waals surface area contributed by atoms with E-state index in [1.54, 1.807) is 12.4 Å². The third-order valence-corrected chi connectivity index (χ3v) is 2.11. The van der Waals surface area contributed by atoms with Crippen LogP contribution in [0.1, 0.15) is 27.2 Å². The normalized spacial score (nSPS) is 20.8. The molecule has 1 aliphatic rings. The first-order valence-electron chi connectivity index (χ1n) is 3.80. The molecule has 0 aliphatic carbocycles. The van der Waals surface area contributed by atoms with Gasteiger partial charge in [-0.15, -0.1) is 0 Å². The first-order chi connectivity index (χ1) is 4.71. The van der Waals surface area contributed by atoms with E-state index in [1.807, 2.05) is 0 Å². The molecule has 0 saturated carbocycles. The molecule has 0 aromatic heterocycles. The summed E-state index contributed by atoms with van der Waals surface area (Å²) < 4.78 is 0. The van der Waals surface area contributed by atoms with Gasteiger partial charge in [-0.05, 0) is 12.3 Å². The fraction of sp³-hybridized carbons (Fsp3) is 0.750. The third kappa shape index (κ3) is 0.981. The molecule has 0 N–H and O–H groups in total. The molecule has 1 heterocycles.